The highest BCUT2D eigenvalue weighted by Gasteiger charge is 2.33. The minimum absolute atomic E-state index is 0.0663. The van der Waals surface area contributed by atoms with Crippen LogP contribution in [0.5, 0.6) is 5.75 Å². The second-order valence-corrected chi connectivity index (χ2v) is 8.74. The molecule has 7 heteroatoms. The average Bonchev–Trinajstić information content (AvgIpc) is 3.12. The van der Waals surface area contributed by atoms with Crippen molar-refractivity contribution in [3.8, 4) is 16.9 Å². The first-order valence-electron chi connectivity index (χ1n) is 9.48. The summed E-state index contributed by atoms with van der Waals surface area (Å²) in [6.45, 7) is 1.45. The van der Waals surface area contributed by atoms with Crippen LogP contribution in [0.2, 0.25) is 0 Å². The minimum Gasteiger partial charge on any atom is -0.489 e. The van der Waals surface area contributed by atoms with Crippen molar-refractivity contribution < 1.29 is 9.13 Å². The van der Waals surface area contributed by atoms with Crippen LogP contribution in [-0.2, 0) is 0 Å². The van der Waals surface area contributed by atoms with Gasteiger partial charge in [-0.25, -0.2) is 9.37 Å². The Morgan fingerprint density at radius 1 is 1.18 bits per heavy atom. The Bertz CT molecular complexity index is 935. The molecule has 0 saturated carbocycles. The molecular weight excluding hydrogens is 375 g/mol. The van der Waals surface area contributed by atoms with E-state index in [4.69, 9.17) is 4.74 Å². The number of piperidine rings is 1. The van der Waals surface area contributed by atoms with Crippen molar-refractivity contribution in [2.75, 3.05) is 33.8 Å². The number of aromatic amines is 1. The number of H-pyrrole nitrogens is 1. The number of hydrogen-bond acceptors (Lipinski definition) is 5. The molecule has 1 aliphatic rings. The summed E-state index contributed by atoms with van der Waals surface area (Å²) >= 11 is 1.68. The number of hydrogen-bond donors (Lipinski definition) is 2. The Hall–Kier alpha value is -2.09. The molecule has 1 aromatic carbocycles. The molecule has 0 unspecified atom stereocenters. The van der Waals surface area contributed by atoms with Gasteiger partial charge in [-0.05, 0) is 75.7 Å². The third-order valence-electron chi connectivity index (χ3n) is 4.97. The van der Waals surface area contributed by atoms with Crippen LogP contribution >= 0.6 is 11.9 Å². The topological polar surface area (TPSA) is 53.2 Å². The molecule has 3 heterocycles. The van der Waals surface area contributed by atoms with E-state index in [1.165, 1.54) is 4.90 Å². The number of rotatable bonds is 6. The molecule has 5 nitrogen and oxygen atoms in total. The second kappa shape index (κ2) is 8.11. The van der Waals surface area contributed by atoms with Gasteiger partial charge in [0, 0.05) is 22.9 Å². The average molecular weight is 401 g/mol. The van der Waals surface area contributed by atoms with E-state index in [1.807, 2.05) is 26.4 Å². The van der Waals surface area contributed by atoms with Gasteiger partial charge < -0.3 is 15.0 Å². The third-order valence-corrected chi connectivity index (χ3v) is 5.82. The van der Waals surface area contributed by atoms with Crippen LogP contribution in [0.1, 0.15) is 12.8 Å². The number of ether oxygens (including phenoxy) is 1. The number of fused-ring (bicyclic) bond motifs is 1. The van der Waals surface area contributed by atoms with Crippen LogP contribution in [0.15, 0.2) is 47.6 Å². The van der Waals surface area contributed by atoms with Gasteiger partial charge in [0.1, 0.15) is 23.7 Å². The predicted octanol–water partition coefficient (Wildman–Crippen LogP) is 4.27. The molecule has 0 atom stereocenters. The molecule has 0 spiro atoms. The number of benzene rings is 1. The lowest BCUT2D eigenvalue weighted by atomic mass is 9.95. The number of alkyl halides is 1. The maximum absolute atomic E-state index is 15.0. The maximum Gasteiger partial charge on any atom is 0.147 e. The van der Waals surface area contributed by atoms with Crippen molar-refractivity contribution in [1.82, 2.24) is 19.6 Å². The Morgan fingerprint density at radius 3 is 2.64 bits per heavy atom. The Balaban J connectivity index is 1.61. The van der Waals surface area contributed by atoms with Gasteiger partial charge >= 0.3 is 0 Å². The lowest BCUT2D eigenvalue weighted by Crippen LogP contribution is -2.42. The summed E-state index contributed by atoms with van der Waals surface area (Å²) in [7, 11) is 4.04. The van der Waals surface area contributed by atoms with Crippen LogP contribution in [0, 0.1) is 0 Å². The zero-order valence-corrected chi connectivity index (χ0v) is 17.0. The Labute approximate surface area is 168 Å². The van der Waals surface area contributed by atoms with Crippen molar-refractivity contribution >= 4 is 23.0 Å². The third kappa shape index (κ3) is 4.16. The highest BCUT2D eigenvalue weighted by Crippen LogP contribution is 2.36. The van der Waals surface area contributed by atoms with E-state index in [2.05, 4.69) is 43.9 Å². The van der Waals surface area contributed by atoms with Crippen molar-refractivity contribution in [3.63, 3.8) is 0 Å². The van der Waals surface area contributed by atoms with Crippen LogP contribution < -0.4 is 10.1 Å². The summed E-state index contributed by atoms with van der Waals surface area (Å²) in [5.41, 5.74) is 1.56. The number of nitrogens with one attached hydrogen (secondary N) is 2. The van der Waals surface area contributed by atoms with E-state index >= 15 is 0 Å². The highest BCUT2D eigenvalue weighted by molar-refractivity contribution is 7.97. The molecule has 1 fully saturated rings. The van der Waals surface area contributed by atoms with Crippen LogP contribution in [0.3, 0.4) is 0 Å². The summed E-state index contributed by atoms with van der Waals surface area (Å²) in [6, 6.07) is 10.2. The van der Waals surface area contributed by atoms with Gasteiger partial charge in [0.2, 0.25) is 0 Å². The second-order valence-electron chi connectivity index (χ2n) is 7.35. The summed E-state index contributed by atoms with van der Waals surface area (Å²) in [5.74, 6) is 0.670. The van der Waals surface area contributed by atoms with E-state index in [9.17, 15) is 4.39 Å². The highest BCUT2D eigenvalue weighted by atomic mass is 32.2. The molecule has 0 aliphatic carbocycles. The summed E-state index contributed by atoms with van der Waals surface area (Å²) in [5, 5.41) is 4.09. The number of nitrogens with zero attached hydrogens (tertiary/aromatic N) is 2. The Morgan fingerprint density at radius 2 is 1.93 bits per heavy atom. The standard InChI is InChI=1S/C21H25FN4OS/c1-26(2)28-16-5-3-15(4-6-16)17-13-25-20-19(17)18(7-10-24-20)27-14-21(22)8-11-23-12-9-21/h3-7,10,13,23H,8-9,11-12,14H2,1-2H3,(H,24,25). The number of pyridine rings is 1. The van der Waals surface area contributed by atoms with Gasteiger partial charge in [-0.2, -0.15) is 0 Å². The van der Waals surface area contributed by atoms with Gasteiger partial charge in [-0.3, -0.25) is 4.31 Å². The van der Waals surface area contributed by atoms with Gasteiger partial charge in [0.15, 0.2) is 0 Å². The lowest BCUT2D eigenvalue weighted by molar-refractivity contribution is 0.0546. The van der Waals surface area contributed by atoms with Crippen molar-refractivity contribution in [3.05, 3.63) is 42.7 Å². The Kier molecular flexibility index (Phi) is 5.57. The van der Waals surface area contributed by atoms with Crippen molar-refractivity contribution in [2.45, 2.75) is 23.4 Å². The normalized spacial score (nSPS) is 16.6. The van der Waals surface area contributed by atoms with Crippen LogP contribution in [-0.4, -0.2) is 53.7 Å². The van der Waals surface area contributed by atoms with Gasteiger partial charge in [-0.15, -0.1) is 0 Å². The molecular formula is C21H25FN4OS. The summed E-state index contributed by atoms with van der Waals surface area (Å²) in [4.78, 5) is 8.79. The maximum atomic E-state index is 15.0. The zero-order chi connectivity index (χ0) is 19.6. The molecule has 2 N–H and O–H groups in total. The zero-order valence-electron chi connectivity index (χ0n) is 16.2. The van der Waals surface area contributed by atoms with E-state index < -0.39 is 5.67 Å². The van der Waals surface area contributed by atoms with E-state index in [0.717, 1.165) is 22.2 Å². The SMILES string of the molecule is CN(C)Sc1ccc(-c2c[nH]c3nccc(OCC4(F)CCNCC4)c23)cc1. The first kappa shape index (κ1) is 19.2. The van der Waals surface area contributed by atoms with Gasteiger partial charge in [0.25, 0.3) is 0 Å². The predicted molar refractivity (Wildman–Crippen MR) is 113 cm³/mol. The quantitative estimate of drug-likeness (QED) is 0.605. The largest absolute Gasteiger partial charge is 0.489 e. The minimum atomic E-state index is -1.28. The fourth-order valence-electron chi connectivity index (χ4n) is 3.51. The first-order valence-corrected chi connectivity index (χ1v) is 10.3. The number of aromatic nitrogens is 2. The van der Waals surface area contributed by atoms with E-state index in [0.29, 0.717) is 31.7 Å². The van der Waals surface area contributed by atoms with E-state index in [1.54, 1.807) is 18.1 Å². The lowest BCUT2D eigenvalue weighted by Gasteiger charge is -2.29. The van der Waals surface area contributed by atoms with Gasteiger partial charge in [-0.1, -0.05) is 12.1 Å². The van der Waals surface area contributed by atoms with Crippen LogP contribution in [0.4, 0.5) is 4.39 Å². The van der Waals surface area contributed by atoms with E-state index in [-0.39, 0.29) is 6.61 Å². The molecule has 2 aromatic heterocycles. The summed E-state index contributed by atoms with van der Waals surface area (Å²) in [6.07, 6.45) is 4.59. The van der Waals surface area contributed by atoms with Crippen molar-refractivity contribution in [2.24, 2.45) is 0 Å². The molecule has 28 heavy (non-hydrogen) atoms. The number of halogens is 1. The molecule has 0 radical (unpaired) electrons. The monoisotopic (exact) mass is 400 g/mol. The van der Waals surface area contributed by atoms with Gasteiger partial charge in [0.05, 0.1) is 5.39 Å². The molecule has 1 aliphatic heterocycles. The molecule has 1 saturated heterocycles. The molecule has 4 rings (SSSR count). The molecule has 0 amide bonds. The van der Waals surface area contributed by atoms with Crippen LogP contribution in [0.25, 0.3) is 22.2 Å². The fraction of sp³-hybridized carbons (Fsp3) is 0.381. The fourth-order valence-corrected chi connectivity index (χ4v) is 4.19. The first-order chi connectivity index (χ1) is 13.5. The molecule has 3 aromatic rings. The summed E-state index contributed by atoms with van der Waals surface area (Å²) < 4.78 is 23.0. The smallest absolute Gasteiger partial charge is 0.147 e. The molecule has 148 valence electrons. The van der Waals surface area contributed by atoms with Crippen molar-refractivity contribution in [1.29, 1.82) is 0 Å². The molecule has 0 bridgehead atoms.